The van der Waals surface area contributed by atoms with Crippen LogP contribution in [0.5, 0.6) is 0 Å². The predicted octanol–water partition coefficient (Wildman–Crippen LogP) is 4.04. The quantitative estimate of drug-likeness (QED) is 0.572. The molecule has 4 aromatic rings. The number of anilines is 1. The summed E-state index contributed by atoms with van der Waals surface area (Å²) in [6, 6.07) is 14.0. The molecular formula is C22H20FN5O. The van der Waals surface area contributed by atoms with Crippen molar-refractivity contribution in [2.24, 2.45) is 0 Å². The van der Waals surface area contributed by atoms with Crippen LogP contribution in [-0.2, 0) is 11.2 Å². The summed E-state index contributed by atoms with van der Waals surface area (Å²) in [6.07, 6.45) is 0.0642. The average Bonchev–Trinajstić information content (AvgIpc) is 3.11. The Labute approximate surface area is 167 Å². The Bertz CT molecular complexity index is 1210. The van der Waals surface area contributed by atoms with Crippen LogP contribution in [-0.4, -0.2) is 25.5 Å². The molecule has 0 unspecified atom stereocenters. The number of carbonyl (C=O) groups excluding carboxylic acids is 1. The van der Waals surface area contributed by atoms with Gasteiger partial charge in [-0.3, -0.25) is 4.79 Å². The summed E-state index contributed by atoms with van der Waals surface area (Å²) in [5.74, 6) is 0.269. The number of amides is 1. The van der Waals surface area contributed by atoms with E-state index in [1.807, 2.05) is 45.0 Å². The Hall–Kier alpha value is -3.61. The van der Waals surface area contributed by atoms with Gasteiger partial charge in [0, 0.05) is 22.5 Å². The Balaban J connectivity index is 1.65. The van der Waals surface area contributed by atoms with Crippen LogP contribution in [0.15, 0.2) is 48.5 Å². The van der Waals surface area contributed by atoms with Crippen LogP contribution >= 0.6 is 0 Å². The van der Waals surface area contributed by atoms with E-state index < -0.39 is 5.82 Å². The molecule has 4 rings (SSSR count). The van der Waals surface area contributed by atoms with Crippen molar-refractivity contribution < 1.29 is 9.18 Å². The van der Waals surface area contributed by atoms with Crippen LogP contribution in [0.25, 0.3) is 17.2 Å². The first-order valence-electron chi connectivity index (χ1n) is 9.26. The zero-order valence-corrected chi connectivity index (χ0v) is 16.4. The Morgan fingerprint density at radius 2 is 1.76 bits per heavy atom. The van der Waals surface area contributed by atoms with E-state index in [4.69, 9.17) is 0 Å². The van der Waals surface area contributed by atoms with Gasteiger partial charge in [-0.15, -0.1) is 5.10 Å². The zero-order chi connectivity index (χ0) is 20.5. The maximum Gasteiger partial charge on any atom is 0.253 e. The number of aromatic nitrogens is 4. The van der Waals surface area contributed by atoms with Gasteiger partial charge in [0.25, 0.3) is 5.78 Å². The first kappa shape index (κ1) is 18.7. The van der Waals surface area contributed by atoms with E-state index in [1.54, 1.807) is 16.6 Å². The summed E-state index contributed by atoms with van der Waals surface area (Å²) < 4.78 is 15.4. The molecular weight excluding hydrogens is 369 g/mol. The number of nitrogens with zero attached hydrogens (tertiary/aromatic N) is 4. The highest BCUT2D eigenvalue weighted by Gasteiger charge is 2.17. The highest BCUT2D eigenvalue weighted by molar-refractivity contribution is 5.92. The van der Waals surface area contributed by atoms with Gasteiger partial charge in [-0.25, -0.2) is 13.9 Å². The minimum Gasteiger partial charge on any atom is -0.323 e. The average molecular weight is 389 g/mol. The fourth-order valence-corrected chi connectivity index (χ4v) is 3.21. The van der Waals surface area contributed by atoms with Gasteiger partial charge >= 0.3 is 0 Å². The van der Waals surface area contributed by atoms with Crippen molar-refractivity contribution in [2.75, 3.05) is 5.32 Å². The van der Waals surface area contributed by atoms with Gasteiger partial charge in [-0.05, 0) is 32.9 Å². The third-order valence-electron chi connectivity index (χ3n) is 4.84. The lowest BCUT2D eigenvalue weighted by atomic mass is 10.1. The highest BCUT2D eigenvalue weighted by atomic mass is 19.1. The number of nitrogens with one attached hydrogen (secondary N) is 1. The first-order valence-corrected chi connectivity index (χ1v) is 9.26. The van der Waals surface area contributed by atoms with Crippen LogP contribution in [0.1, 0.15) is 22.5 Å². The summed E-state index contributed by atoms with van der Waals surface area (Å²) >= 11 is 0. The molecule has 0 atom stereocenters. The lowest BCUT2D eigenvalue weighted by Crippen LogP contribution is -2.18. The van der Waals surface area contributed by atoms with Crippen LogP contribution in [0.4, 0.5) is 10.1 Å². The van der Waals surface area contributed by atoms with Gasteiger partial charge in [0.2, 0.25) is 5.91 Å². The summed E-state index contributed by atoms with van der Waals surface area (Å²) in [5.41, 5.74) is 4.43. The molecule has 146 valence electrons. The zero-order valence-electron chi connectivity index (χ0n) is 16.4. The van der Waals surface area contributed by atoms with E-state index in [0.29, 0.717) is 17.3 Å². The molecule has 7 heteroatoms. The Morgan fingerprint density at radius 1 is 1.03 bits per heavy atom. The number of aryl methyl sites for hydroxylation is 3. The topological polar surface area (TPSA) is 72.2 Å². The fraction of sp³-hybridized carbons (Fsp3) is 0.182. The predicted molar refractivity (Wildman–Crippen MR) is 109 cm³/mol. The van der Waals surface area contributed by atoms with Gasteiger partial charge in [-0.1, -0.05) is 42.0 Å². The van der Waals surface area contributed by atoms with Crippen LogP contribution < -0.4 is 5.32 Å². The monoisotopic (exact) mass is 389 g/mol. The van der Waals surface area contributed by atoms with E-state index in [-0.39, 0.29) is 18.0 Å². The summed E-state index contributed by atoms with van der Waals surface area (Å²) in [5, 5.41) is 7.18. The maximum absolute atomic E-state index is 13.8. The molecule has 0 fully saturated rings. The summed E-state index contributed by atoms with van der Waals surface area (Å²) in [7, 11) is 0. The molecule has 0 aliphatic heterocycles. The van der Waals surface area contributed by atoms with E-state index in [1.165, 1.54) is 12.1 Å². The lowest BCUT2D eigenvalue weighted by molar-refractivity contribution is -0.115. The van der Waals surface area contributed by atoms with E-state index in [0.717, 1.165) is 22.4 Å². The number of halogens is 1. The molecule has 0 bridgehead atoms. The van der Waals surface area contributed by atoms with Crippen molar-refractivity contribution >= 4 is 17.4 Å². The molecule has 0 aliphatic rings. The Morgan fingerprint density at radius 3 is 2.48 bits per heavy atom. The van der Waals surface area contributed by atoms with Gasteiger partial charge in [-0.2, -0.15) is 4.98 Å². The minimum atomic E-state index is -0.470. The van der Waals surface area contributed by atoms with Crippen molar-refractivity contribution in [3.05, 3.63) is 76.9 Å². The molecule has 6 nitrogen and oxygen atoms in total. The fourth-order valence-electron chi connectivity index (χ4n) is 3.21. The van der Waals surface area contributed by atoms with E-state index in [2.05, 4.69) is 20.4 Å². The molecule has 0 saturated heterocycles. The second-order valence-electron chi connectivity index (χ2n) is 6.98. The molecule has 0 spiro atoms. The summed E-state index contributed by atoms with van der Waals surface area (Å²) in [6.45, 7) is 5.73. The van der Waals surface area contributed by atoms with Gasteiger partial charge in [0.1, 0.15) is 5.82 Å². The number of rotatable bonds is 4. The molecule has 0 aliphatic carbocycles. The molecule has 29 heavy (non-hydrogen) atoms. The molecule has 2 aromatic heterocycles. The number of para-hydroxylation sites is 1. The SMILES string of the molecule is Cc1ccc(-c2nc3nc(C)c(CC(=O)Nc4ccccc4F)c(C)n3n2)cc1. The van der Waals surface area contributed by atoms with Gasteiger partial charge in [0.05, 0.1) is 12.1 Å². The summed E-state index contributed by atoms with van der Waals surface area (Å²) in [4.78, 5) is 21.5. The van der Waals surface area contributed by atoms with Crippen molar-refractivity contribution in [1.29, 1.82) is 0 Å². The van der Waals surface area contributed by atoms with Crippen molar-refractivity contribution in [1.82, 2.24) is 19.6 Å². The number of benzene rings is 2. The van der Waals surface area contributed by atoms with E-state index in [9.17, 15) is 9.18 Å². The molecule has 1 amide bonds. The normalized spacial score (nSPS) is 11.0. The smallest absolute Gasteiger partial charge is 0.253 e. The highest BCUT2D eigenvalue weighted by Crippen LogP contribution is 2.20. The van der Waals surface area contributed by atoms with Crippen LogP contribution in [0, 0.1) is 26.6 Å². The van der Waals surface area contributed by atoms with Crippen molar-refractivity contribution in [3.8, 4) is 11.4 Å². The second-order valence-corrected chi connectivity index (χ2v) is 6.98. The molecule has 2 heterocycles. The van der Waals surface area contributed by atoms with Gasteiger partial charge < -0.3 is 5.32 Å². The largest absolute Gasteiger partial charge is 0.323 e. The third-order valence-corrected chi connectivity index (χ3v) is 4.84. The van der Waals surface area contributed by atoms with Gasteiger partial charge in [0.15, 0.2) is 5.82 Å². The maximum atomic E-state index is 13.8. The Kier molecular flexibility index (Phi) is 4.80. The minimum absolute atomic E-state index is 0.0642. The molecule has 0 saturated carbocycles. The third kappa shape index (κ3) is 3.71. The van der Waals surface area contributed by atoms with E-state index >= 15 is 0 Å². The second kappa shape index (κ2) is 7.43. The van der Waals surface area contributed by atoms with Crippen LogP contribution in [0.2, 0.25) is 0 Å². The number of carbonyl (C=O) groups is 1. The van der Waals surface area contributed by atoms with Crippen molar-refractivity contribution in [3.63, 3.8) is 0 Å². The first-order chi connectivity index (χ1) is 13.9. The lowest BCUT2D eigenvalue weighted by Gasteiger charge is -2.11. The molecule has 2 aromatic carbocycles. The number of hydrogen-bond donors (Lipinski definition) is 1. The molecule has 0 radical (unpaired) electrons. The molecule has 1 N–H and O–H groups in total. The van der Waals surface area contributed by atoms with Crippen molar-refractivity contribution in [2.45, 2.75) is 27.2 Å². The van der Waals surface area contributed by atoms with Crippen LogP contribution in [0.3, 0.4) is 0 Å². The standard InChI is InChI=1S/C22H20FN5O/c1-13-8-10-16(11-9-13)21-26-22-24-14(2)17(15(3)28(22)27-21)12-20(29)25-19-7-5-4-6-18(19)23/h4-11H,12H2,1-3H3,(H,25,29). The number of hydrogen-bond acceptors (Lipinski definition) is 4. The number of fused-ring (bicyclic) bond motifs is 1.